The topological polar surface area (TPSA) is 72.3 Å². The number of aromatic hydroxyl groups is 1. The van der Waals surface area contributed by atoms with Crippen LogP contribution in [0.25, 0.3) is 0 Å². The van der Waals surface area contributed by atoms with Crippen molar-refractivity contribution in [3.05, 3.63) is 80.2 Å². The van der Waals surface area contributed by atoms with Gasteiger partial charge in [0, 0.05) is 28.2 Å². The van der Waals surface area contributed by atoms with Gasteiger partial charge < -0.3 is 19.3 Å². The number of fused-ring (bicyclic) bond motifs is 1. The largest absolute Gasteiger partial charge is 0.508 e. The highest BCUT2D eigenvalue weighted by Crippen LogP contribution is 2.39. The minimum Gasteiger partial charge on any atom is -0.508 e. The van der Waals surface area contributed by atoms with Crippen molar-refractivity contribution in [2.45, 2.75) is 18.6 Å². The predicted octanol–water partition coefficient (Wildman–Crippen LogP) is 5.88. The summed E-state index contributed by atoms with van der Waals surface area (Å²) in [5.41, 5.74) is 3.68. The molecule has 8 heteroatoms. The number of phenols is 1. The molecule has 2 N–H and O–H groups in total. The first-order valence-electron chi connectivity index (χ1n) is 10.1. The van der Waals surface area contributed by atoms with Gasteiger partial charge >= 0.3 is 0 Å². The smallest absolute Gasteiger partial charge is 0.231 e. The number of ether oxygens (including phenoxy) is 3. The van der Waals surface area contributed by atoms with E-state index < -0.39 is 0 Å². The molecule has 2 aliphatic rings. The number of rotatable bonds is 4. The van der Waals surface area contributed by atoms with E-state index in [1.54, 1.807) is 13.2 Å². The Kier molecular flexibility index (Phi) is 5.84. The van der Waals surface area contributed by atoms with Gasteiger partial charge in [0.25, 0.3) is 0 Å². The van der Waals surface area contributed by atoms with Crippen molar-refractivity contribution in [1.29, 1.82) is 0 Å². The molecule has 2 heterocycles. The highest BCUT2D eigenvalue weighted by molar-refractivity contribution is 9.10. The lowest BCUT2D eigenvalue weighted by atomic mass is 9.93. The summed E-state index contributed by atoms with van der Waals surface area (Å²) in [6, 6.07) is 17.1. The molecule has 0 amide bonds. The number of hydrogen-bond acceptors (Lipinski definition) is 6. The summed E-state index contributed by atoms with van der Waals surface area (Å²) in [5, 5.41) is 14.2. The van der Waals surface area contributed by atoms with Crippen LogP contribution in [0.2, 0.25) is 0 Å². The Balaban J connectivity index is 1.57. The van der Waals surface area contributed by atoms with Crippen LogP contribution in [-0.4, -0.2) is 24.7 Å². The lowest BCUT2D eigenvalue weighted by Gasteiger charge is -2.31. The van der Waals surface area contributed by atoms with E-state index in [9.17, 15) is 5.11 Å². The lowest BCUT2D eigenvalue weighted by Crippen LogP contribution is -2.33. The first-order chi connectivity index (χ1) is 15.5. The Bertz CT molecular complexity index is 1210. The summed E-state index contributed by atoms with van der Waals surface area (Å²) in [6.45, 7) is 0.226. The van der Waals surface area contributed by atoms with Gasteiger partial charge in [0.1, 0.15) is 17.7 Å². The molecule has 0 saturated carbocycles. The van der Waals surface area contributed by atoms with E-state index in [0.717, 1.165) is 42.8 Å². The second-order valence-corrected chi connectivity index (χ2v) is 9.34. The van der Waals surface area contributed by atoms with E-state index in [1.807, 2.05) is 48.5 Å². The summed E-state index contributed by atoms with van der Waals surface area (Å²) in [4.78, 5) is 5.03. The Morgan fingerprint density at radius 3 is 2.69 bits per heavy atom. The molecule has 0 saturated heterocycles. The van der Waals surface area contributed by atoms with E-state index in [1.165, 1.54) is 0 Å². The molecule has 0 aliphatic carbocycles. The normalized spacial score (nSPS) is 19.5. The van der Waals surface area contributed by atoms with Crippen LogP contribution in [0.1, 0.15) is 35.3 Å². The minimum atomic E-state index is -0.310. The van der Waals surface area contributed by atoms with E-state index in [4.69, 9.17) is 19.2 Å². The van der Waals surface area contributed by atoms with Gasteiger partial charge in [-0.1, -0.05) is 22.0 Å². The molecule has 0 aromatic heterocycles. The average Bonchev–Trinajstić information content (AvgIpc) is 3.28. The molecule has 0 fully saturated rings. The molecule has 32 heavy (non-hydrogen) atoms. The fourth-order valence-electron chi connectivity index (χ4n) is 3.98. The van der Waals surface area contributed by atoms with Crippen LogP contribution >= 0.6 is 31.9 Å². The first kappa shape index (κ1) is 21.3. The Morgan fingerprint density at radius 2 is 1.88 bits per heavy atom. The number of phenolic OH excluding ortho intramolecular Hbond substituents is 1. The molecular weight excluding hydrogens is 540 g/mol. The van der Waals surface area contributed by atoms with Crippen LogP contribution in [-0.2, 0) is 0 Å². The van der Waals surface area contributed by atoms with Crippen molar-refractivity contribution in [3.8, 4) is 23.0 Å². The standard InChI is InChI=1S/C24H20Br2N2O4/c1-30-21-6-3-14(8-17(21)26)24-27-18(13-2-7-22-23(9-13)32-12-31-22)11-19(28-24)16-10-15(25)4-5-20(16)29/h2-10,19,24,28-29H,11-12H2,1H3/t19-,24-/m0/s1. The first-order valence-corrected chi connectivity index (χ1v) is 11.6. The summed E-state index contributed by atoms with van der Waals surface area (Å²) in [6.07, 6.45) is 0.298. The predicted molar refractivity (Wildman–Crippen MR) is 129 cm³/mol. The number of halogens is 2. The van der Waals surface area contributed by atoms with Crippen molar-refractivity contribution >= 4 is 37.6 Å². The summed E-state index contributed by atoms with van der Waals surface area (Å²) < 4.78 is 18.2. The van der Waals surface area contributed by atoms with Crippen molar-refractivity contribution in [2.75, 3.05) is 13.9 Å². The van der Waals surface area contributed by atoms with Gasteiger partial charge in [-0.25, -0.2) is 0 Å². The van der Waals surface area contributed by atoms with Crippen molar-refractivity contribution in [3.63, 3.8) is 0 Å². The average molecular weight is 560 g/mol. The molecule has 0 radical (unpaired) electrons. The number of nitrogens with zero attached hydrogens (tertiary/aromatic N) is 1. The fourth-order valence-corrected chi connectivity index (χ4v) is 4.92. The SMILES string of the molecule is COc1ccc([C@H]2N=C(c3ccc4c(c3)OCO4)C[C@@H](c3cc(Br)ccc3O)N2)cc1Br. The van der Waals surface area contributed by atoms with Crippen LogP contribution in [0, 0.1) is 0 Å². The molecule has 2 atom stereocenters. The van der Waals surface area contributed by atoms with E-state index in [-0.39, 0.29) is 24.8 Å². The summed E-state index contributed by atoms with van der Waals surface area (Å²) in [5.74, 6) is 2.45. The molecule has 0 spiro atoms. The zero-order chi connectivity index (χ0) is 22.2. The maximum Gasteiger partial charge on any atom is 0.231 e. The molecule has 3 aromatic carbocycles. The number of aliphatic imine (C=N–C) groups is 1. The Labute approximate surface area is 202 Å². The second-order valence-electron chi connectivity index (χ2n) is 7.57. The minimum absolute atomic E-state index is 0.142. The van der Waals surface area contributed by atoms with Crippen molar-refractivity contribution in [1.82, 2.24) is 5.32 Å². The van der Waals surface area contributed by atoms with E-state index in [0.29, 0.717) is 12.2 Å². The molecule has 0 unspecified atom stereocenters. The quantitative estimate of drug-likeness (QED) is 0.418. The number of methoxy groups -OCH3 is 1. The van der Waals surface area contributed by atoms with Gasteiger partial charge in [0.15, 0.2) is 11.5 Å². The van der Waals surface area contributed by atoms with Crippen LogP contribution in [0.5, 0.6) is 23.0 Å². The van der Waals surface area contributed by atoms with Gasteiger partial charge in [0.05, 0.1) is 11.6 Å². The van der Waals surface area contributed by atoms with Crippen LogP contribution in [0.15, 0.2) is 68.5 Å². The summed E-state index contributed by atoms with van der Waals surface area (Å²) >= 11 is 7.09. The van der Waals surface area contributed by atoms with Crippen LogP contribution in [0.3, 0.4) is 0 Å². The summed E-state index contributed by atoms with van der Waals surface area (Å²) in [7, 11) is 1.64. The Morgan fingerprint density at radius 1 is 1.03 bits per heavy atom. The zero-order valence-electron chi connectivity index (χ0n) is 17.1. The molecular formula is C24H20Br2N2O4. The molecule has 6 nitrogen and oxygen atoms in total. The maximum atomic E-state index is 10.6. The van der Waals surface area contributed by atoms with E-state index in [2.05, 4.69) is 37.2 Å². The molecule has 2 aliphatic heterocycles. The highest BCUT2D eigenvalue weighted by atomic mass is 79.9. The Hall–Kier alpha value is -2.55. The van der Waals surface area contributed by atoms with Crippen LogP contribution in [0.4, 0.5) is 0 Å². The van der Waals surface area contributed by atoms with Gasteiger partial charge in [-0.15, -0.1) is 0 Å². The van der Waals surface area contributed by atoms with Crippen LogP contribution < -0.4 is 19.5 Å². The van der Waals surface area contributed by atoms with Gasteiger partial charge in [-0.2, -0.15) is 0 Å². The van der Waals surface area contributed by atoms with Crippen molar-refractivity contribution < 1.29 is 19.3 Å². The van der Waals surface area contributed by atoms with Gasteiger partial charge in [0.2, 0.25) is 6.79 Å². The van der Waals surface area contributed by atoms with E-state index >= 15 is 0 Å². The third-order valence-electron chi connectivity index (χ3n) is 5.60. The highest BCUT2D eigenvalue weighted by Gasteiger charge is 2.29. The third kappa shape index (κ3) is 4.10. The maximum absolute atomic E-state index is 10.6. The molecule has 164 valence electrons. The zero-order valence-corrected chi connectivity index (χ0v) is 20.3. The van der Waals surface area contributed by atoms with Gasteiger partial charge in [-0.3, -0.25) is 10.3 Å². The monoisotopic (exact) mass is 558 g/mol. The number of benzene rings is 3. The number of hydrogen-bond donors (Lipinski definition) is 2. The number of nitrogens with one attached hydrogen (secondary N) is 1. The molecule has 3 aromatic rings. The second kappa shape index (κ2) is 8.77. The third-order valence-corrected chi connectivity index (χ3v) is 6.72. The lowest BCUT2D eigenvalue weighted by molar-refractivity contribution is 0.174. The molecule has 0 bridgehead atoms. The van der Waals surface area contributed by atoms with Crippen molar-refractivity contribution in [2.24, 2.45) is 4.99 Å². The fraction of sp³-hybridized carbons (Fsp3) is 0.208. The molecule has 5 rings (SSSR count). The van der Waals surface area contributed by atoms with Gasteiger partial charge in [-0.05, 0) is 75.6 Å².